The molecule has 2 atom stereocenters. The van der Waals surface area contributed by atoms with Crippen LogP contribution in [-0.4, -0.2) is 33.8 Å². The maximum Gasteiger partial charge on any atom is 0.407 e. The molecule has 2 aromatic rings. The van der Waals surface area contributed by atoms with Crippen LogP contribution in [0.2, 0.25) is 0 Å². The second-order valence-corrected chi connectivity index (χ2v) is 6.04. The van der Waals surface area contributed by atoms with E-state index < -0.39 is 35.1 Å². The molecule has 2 N–H and O–H groups in total. The highest BCUT2D eigenvalue weighted by molar-refractivity contribution is 5.65. The van der Waals surface area contributed by atoms with Gasteiger partial charge in [0.25, 0.3) is 5.56 Å². The fraction of sp³-hybridized carbons (Fsp3) is 0.375. The Morgan fingerprint density at radius 3 is 2.52 bits per heavy atom. The van der Waals surface area contributed by atoms with Gasteiger partial charge in [0.2, 0.25) is 0 Å². The normalized spacial score (nSPS) is 20.7. The van der Waals surface area contributed by atoms with Crippen molar-refractivity contribution in [2.45, 2.75) is 31.2 Å². The fourth-order valence-electron chi connectivity index (χ4n) is 3.25. The van der Waals surface area contributed by atoms with Crippen LogP contribution in [-0.2, 0) is 6.42 Å². The van der Waals surface area contributed by atoms with E-state index in [4.69, 9.17) is 4.52 Å². The van der Waals surface area contributed by atoms with Gasteiger partial charge in [0, 0.05) is 24.6 Å². The van der Waals surface area contributed by atoms with E-state index in [1.807, 2.05) is 0 Å². The lowest BCUT2D eigenvalue weighted by molar-refractivity contribution is 0.0968. The Morgan fingerprint density at radius 1 is 1.28 bits per heavy atom. The molecule has 25 heavy (non-hydrogen) atoms. The summed E-state index contributed by atoms with van der Waals surface area (Å²) in [5.74, 6) is -3.98. The molecule has 0 aliphatic carbocycles. The number of rotatable bonds is 3. The molecule has 0 saturated carbocycles. The van der Waals surface area contributed by atoms with Gasteiger partial charge in [-0.05, 0) is 37.0 Å². The van der Waals surface area contributed by atoms with Gasteiger partial charge < -0.3 is 14.5 Å². The topological polar surface area (TPSA) is 86.5 Å². The Kier molecular flexibility index (Phi) is 4.56. The molecule has 1 saturated heterocycles. The summed E-state index contributed by atoms with van der Waals surface area (Å²) < 4.78 is 45.0. The summed E-state index contributed by atoms with van der Waals surface area (Å²) in [7, 11) is 0. The summed E-state index contributed by atoms with van der Waals surface area (Å²) in [5, 5.41) is 11.5. The summed E-state index contributed by atoms with van der Waals surface area (Å²) >= 11 is 0. The van der Waals surface area contributed by atoms with Crippen molar-refractivity contribution < 1.29 is 27.6 Å². The number of amides is 1. The lowest BCUT2D eigenvalue weighted by atomic mass is 9.86. The molecular formula is C16H15F3N2O4. The third-order valence-electron chi connectivity index (χ3n) is 4.42. The van der Waals surface area contributed by atoms with Crippen LogP contribution in [0.25, 0.3) is 0 Å². The van der Waals surface area contributed by atoms with Crippen molar-refractivity contribution in [3.05, 3.63) is 57.3 Å². The minimum absolute atomic E-state index is 0.0194. The minimum Gasteiger partial charge on any atom is -0.465 e. The van der Waals surface area contributed by atoms with Gasteiger partial charge in [0.15, 0.2) is 17.5 Å². The van der Waals surface area contributed by atoms with Crippen molar-refractivity contribution in [1.82, 2.24) is 10.1 Å². The summed E-state index contributed by atoms with van der Waals surface area (Å²) in [5.41, 5.74) is -0.237. The smallest absolute Gasteiger partial charge is 0.407 e. The quantitative estimate of drug-likeness (QED) is 0.828. The van der Waals surface area contributed by atoms with Gasteiger partial charge in [-0.15, -0.1) is 0 Å². The highest BCUT2D eigenvalue weighted by atomic mass is 19.2. The highest BCUT2D eigenvalue weighted by Crippen LogP contribution is 2.32. The second kappa shape index (κ2) is 6.66. The number of carbonyl (C=O) groups is 1. The molecule has 0 spiro atoms. The molecule has 1 aliphatic heterocycles. The van der Waals surface area contributed by atoms with Crippen LogP contribution in [0.15, 0.2) is 27.5 Å². The predicted molar refractivity (Wildman–Crippen MR) is 79.8 cm³/mol. The zero-order valence-corrected chi connectivity index (χ0v) is 13.0. The van der Waals surface area contributed by atoms with E-state index in [1.54, 1.807) is 0 Å². The molecule has 0 unspecified atom stereocenters. The molecule has 0 radical (unpaired) electrons. The molecule has 3 rings (SSSR count). The van der Waals surface area contributed by atoms with Crippen LogP contribution >= 0.6 is 0 Å². The number of piperidine rings is 1. The largest absolute Gasteiger partial charge is 0.465 e. The highest BCUT2D eigenvalue weighted by Gasteiger charge is 2.34. The molecule has 6 nitrogen and oxygen atoms in total. The van der Waals surface area contributed by atoms with Gasteiger partial charge >= 0.3 is 6.09 Å². The average Bonchev–Trinajstić information content (AvgIpc) is 2.98. The van der Waals surface area contributed by atoms with E-state index in [-0.39, 0.29) is 24.4 Å². The lowest BCUT2D eigenvalue weighted by Gasteiger charge is -2.37. The standard InChI is InChI=1S/C16H15F3N2O4/c17-11-4-8(5-12(18)15(11)19)3-10-6-9(1-2-21(10)16(23)24)13-7-14(22)20-25-13/h4-5,7,9-10H,1-3,6H2,(H,20,22)(H,23,24)/t9-,10-/m0/s1. The van der Waals surface area contributed by atoms with Gasteiger partial charge in [-0.2, -0.15) is 5.16 Å². The third kappa shape index (κ3) is 3.54. The number of aromatic nitrogens is 1. The Balaban J connectivity index is 1.84. The number of likely N-dealkylation sites (tertiary alicyclic amines) is 1. The van der Waals surface area contributed by atoms with Crippen LogP contribution in [0.4, 0.5) is 18.0 Å². The second-order valence-electron chi connectivity index (χ2n) is 6.04. The van der Waals surface area contributed by atoms with Crippen LogP contribution < -0.4 is 5.56 Å². The number of aromatic amines is 1. The lowest BCUT2D eigenvalue weighted by Crippen LogP contribution is -2.46. The van der Waals surface area contributed by atoms with E-state index in [0.29, 0.717) is 18.6 Å². The number of hydrogen-bond acceptors (Lipinski definition) is 3. The first kappa shape index (κ1) is 17.1. The molecule has 1 aliphatic rings. The zero-order valence-electron chi connectivity index (χ0n) is 13.0. The summed E-state index contributed by atoms with van der Waals surface area (Å²) in [4.78, 5) is 23.8. The first-order chi connectivity index (χ1) is 11.8. The van der Waals surface area contributed by atoms with Crippen molar-refractivity contribution in [1.29, 1.82) is 0 Å². The van der Waals surface area contributed by atoms with Crippen LogP contribution in [0.3, 0.4) is 0 Å². The summed E-state index contributed by atoms with van der Waals surface area (Å²) in [6, 6.07) is 2.44. The van der Waals surface area contributed by atoms with Gasteiger partial charge in [-0.1, -0.05) is 0 Å². The van der Waals surface area contributed by atoms with Crippen molar-refractivity contribution in [2.24, 2.45) is 0 Å². The van der Waals surface area contributed by atoms with E-state index in [1.165, 1.54) is 11.0 Å². The first-order valence-electron chi connectivity index (χ1n) is 7.66. The third-order valence-corrected chi connectivity index (χ3v) is 4.42. The maximum absolute atomic E-state index is 13.4. The van der Waals surface area contributed by atoms with Crippen molar-refractivity contribution in [2.75, 3.05) is 6.54 Å². The SMILES string of the molecule is O=C(O)N1CC[C@H](c2cc(=O)[nH]o2)C[C@@H]1Cc1cc(F)c(F)c(F)c1. The molecule has 1 aromatic heterocycles. The van der Waals surface area contributed by atoms with Crippen LogP contribution in [0.5, 0.6) is 0 Å². The van der Waals surface area contributed by atoms with Crippen LogP contribution in [0.1, 0.15) is 30.1 Å². The van der Waals surface area contributed by atoms with Gasteiger partial charge in [0.1, 0.15) is 5.76 Å². The van der Waals surface area contributed by atoms with Crippen molar-refractivity contribution in [3.63, 3.8) is 0 Å². The molecule has 9 heteroatoms. The number of halogens is 3. The number of H-pyrrole nitrogens is 1. The molecule has 0 bridgehead atoms. The van der Waals surface area contributed by atoms with Gasteiger partial charge in [0.05, 0.1) is 0 Å². The molecule has 2 heterocycles. The van der Waals surface area contributed by atoms with E-state index in [0.717, 1.165) is 12.1 Å². The Hall–Kier alpha value is -2.71. The fourth-order valence-corrected chi connectivity index (χ4v) is 3.25. The molecule has 1 aromatic carbocycles. The average molecular weight is 356 g/mol. The van der Waals surface area contributed by atoms with Gasteiger partial charge in [-0.25, -0.2) is 18.0 Å². The van der Waals surface area contributed by atoms with Crippen molar-refractivity contribution >= 4 is 6.09 Å². The monoisotopic (exact) mass is 356 g/mol. The Morgan fingerprint density at radius 2 is 1.96 bits per heavy atom. The van der Waals surface area contributed by atoms with Gasteiger partial charge in [-0.3, -0.25) is 4.79 Å². The summed E-state index contributed by atoms with van der Waals surface area (Å²) in [6.45, 7) is 0.186. The van der Waals surface area contributed by atoms with Crippen molar-refractivity contribution in [3.8, 4) is 0 Å². The molecular weight excluding hydrogens is 341 g/mol. The Bertz CT molecular complexity index is 825. The molecule has 134 valence electrons. The van der Waals surface area contributed by atoms with E-state index >= 15 is 0 Å². The number of hydrogen-bond donors (Lipinski definition) is 2. The summed E-state index contributed by atoms with van der Waals surface area (Å²) in [6.07, 6.45) is -0.364. The van der Waals surface area contributed by atoms with Crippen LogP contribution in [0, 0.1) is 17.5 Å². The zero-order chi connectivity index (χ0) is 18.1. The van der Waals surface area contributed by atoms with E-state index in [9.17, 15) is 27.9 Å². The molecule has 1 amide bonds. The predicted octanol–water partition coefficient (Wildman–Crippen LogP) is 2.85. The number of nitrogens with zero attached hydrogens (tertiary/aromatic N) is 1. The maximum atomic E-state index is 13.4. The number of carboxylic acid groups (broad SMARTS) is 1. The number of benzene rings is 1. The number of nitrogens with one attached hydrogen (secondary N) is 1. The first-order valence-corrected chi connectivity index (χ1v) is 7.66. The Labute approximate surface area is 139 Å². The van der Waals surface area contributed by atoms with E-state index in [2.05, 4.69) is 5.16 Å². The molecule has 1 fully saturated rings. The minimum atomic E-state index is -1.56.